The van der Waals surface area contributed by atoms with Crippen LogP contribution in [0.15, 0.2) is 18.2 Å². The zero-order valence-corrected chi connectivity index (χ0v) is 12.8. The van der Waals surface area contributed by atoms with Crippen LogP contribution in [-0.2, 0) is 6.18 Å². The Morgan fingerprint density at radius 1 is 1.29 bits per heavy atom. The highest BCUT2D eigenvalue weighted by molar-refractivity contribution is 6.31. The maximum atomic E-state index is 13.0. The second kappa shape index (κ2) is 6.99. The fraction of sp³-hybridized carbons (Fsp3) is 0.600. The molecular formula is C15H20ClF3N2. The molecule has 1 aliphatic heterocycles. The van der Waals surface area contributed by atoms with Crippen LogP contribution in [0.4, 0.5) is 13.2 Å². The summed E-state index contributed by atoms with van der Waals surface area (Å²) in [5.74, 6) is 0. The predicted molar refractivity (Wildman–Crippen MR) is 78.5 cm³/mol. The minimum Gasteiger partial charge on any atom is -0.314 e. The van der Waals surface area contributed by atoms with Gasteiger partial charge in [0.25, 0.3) is 0 Å². The molecule has 1 N–H and O–H groups in total. The lowest BCUT2D eigenvalue weighted by Gasteiger charge is -2.35. The highest BCUT2D eigenvalue weighted by Crippen LogP contribution is 2.37. The maximum Gasteiger partial charge on any atom is 0.417 e. The van der Waals surface area contributed by atoms with Crippen molar-refractivity contribution in [2.24, 2.45) is 0 Å². The highest BCUT2D eigenvalue weighted by Gasteiger charge is 2.34. The van der Waals surface area contributed by atoms with Crippen molar-refractivity contribution in [1.29, 1.82) is 0 Å². The van der Waals surface area contributed by atoms with Crippen LogP contribution < -0.4 is 5.32 Å². The second-order valence-corrected chi connectivity index (χ2v) is 5.73. The molecule has 0 radical (unpaired) electrons. The van der Waals surface area contributed by atoms with Gasteiger partial charge >= 0.3 is 6.18 Å². The lowest BCUT2D eigenvalue weighted by atomic mass is 9.97. The van der Waals surface area contributed by atoms with E-state index in [2.05, 4.69) is 17.1 Å². The smallest absolute Gasteiger partial charge is 0.314 e. The molecule has 0 unspecified atom stereocenters. The number of nitrogens with one attached hydrogen (secondary N) is 1. The highest BCUT2D eigenvalue weighted by atomic mass is 35.5. The molecule has 1 fully saturated rings. The maximum absolute atomic E-state index is 13.0. The van der Waals surface area contributed by atoms with E-state index in [1.165, 1.54) is 12.1 Å². The van der Waals surface area contributed by atoms with E-state index in [-0.39, 0.29) is 11.1 Å². The number of hydrogen-bond acceptors (Lipinski definition) is 2. The van der Waals surface area contributed by atoms with E-state index in [1.807, 2.05) is 0 Å². The fourth-order valence-corrected chi connectivity index (χ4v) is 3.02. The average molecular weight is 321 g/mol. The SMILES string of the molecule is CCC[C@@H](c1ccc(Cl)c(C(F)(F)F)c1)N1CCNCC1. The number of piperazine rings is 1. The summed E-state index contributed by atoms with van der Waals surface area (Å²) in [5, 5.41) is 3.03. The third-order valence-corrected chi connectivity index (χ3v) is 4.16. The Hall–Kier alpha value is -0.780. The van der Waals surface area contributed by atoms with E-state index in [1.54, 1.807) is 6.07 Å². The number of nitrogens with zero attached hydrogens (tertiary/aromatic N) is 1. The molecule has 118 valence electrons. The van der Waals surface area contributed by atoms with Crippen LogP contribution >= 0.6 is 11.6 Å². The number of halogens is 4. The first kappa shape index (κ1) is 16.6. The van der Waals surface area contributed by atoms with Crippen LogP contribution in [0.25, 0.3) is 0 Å². The van der Waals surface area contributed by atoms with Gasteiger partial charge in [0.2, 0.25) is 0 Å². The van der Waals surface area contributed by atoms with Crippen molar-refractivity contribution < 1.29 is 13.2 Å². The molecule has 1 aliphatic rings. The van der Waals surface area contributed by atoms with Crippen molar-refractivity contribution >= 4 is 11.6 Å². The molecule has 1 heterocycles. The Morgan fingerprint density at radius 2 is 1.95 bits per heavy atom. The molecule has 0 aliphatic carbocycles. The van der Waals surface area contributed by atoms with Gasteiger partial charge in [0.15, 0.2) is 0 Å². The van der Waals surface area contributed by atoms with Crippen LogP contribution in [0.3, 0.4) is 0 Å². The molecule has 0 amide bonds. The quantitative estimate of drug-likeness (QED) is 0.898. The number of alkyl halides is 3. The van der Waals surface area contributed by atoms with Crippen LogP contribution in [0.5, 0.6) is 0 Å². The van der Waals surface area contributed by atoms with Gasteiger partial charge in [-0.3, -0.25) is 4.90 Å². The molecule has 1 saturated heterocycles. The minimum atomic E-state index is -4.41. The first-order valence-corrected chi connectivity index (χ1v) is 7.62. The van der Waals surface area contributed by atoms with Gasteiger partial charge in [0.1, 0.15) is 0 Å². The van der Waals surface area contributed by atoms with Crippen molar-refractivity contribution in [2.45, 2.75) is 32.0 Å². The van der Waals surface area contributed by atoms with Crippen LogP contribution in [0, 0.1) is 0 Å². The Bertz CT molecular complexity index is 470. The van der Waals surface area contributed by atoms with Crippen molar-refractivity contribution in [3.05, 3.63) is 34.3 Å². The van der Waals surface area contributed by atoms with Gasteiger partial charge in [-0.25, -0.2) is 0 Å². The molecule has 1 aromatic rings. The van der Waals surface area contributed by atoms with E-state index >= 15 is 0 Å². The largest absolute Gasteiger partial charge is 0.417 e. The van der Waals surface area contributed by atoms with Gasteiger partial charge in [0, 0.05) is 32.2 Å². The van der Waals surface area contributed by atoms with E-state index in [0.717, 1.165) is 39.0 Å². The summed E-state index contributed by atoms with van der Waals surface area (Å²) in [7, 11) is 0. The normalized spacial score (nSPS) is 18.7. The van der Waals surface area contributed by atoms with Crippen LogP contribution in [-0.4, -0.2) is 31.1 Å². The van der Waals surface area contributed by atoms with Gasteiger partial charge in [-0.1, -0.05) is 31.0 Å². The molecule has 0 bridgehead atoms. The van der Waals surface area contributed by atoms with Crippen molar-refractivity contribution in [1.82, 2.24) is 10.2 Å². The van der Waals surface area contributed by atoms with Gasteiger partial charge in [-0.05, 0) is 24.1 Å². The zero-order chi connectivity index (χ0) is 15.5. The Balaban J connectivity index is 2.31. The molecule has 1 atom stereocenters. The second-order valence-electron chi connectivity index (χ2n) is 5.33. The number of hydrogen-bond donors (Lipinski definition) is 1. The summed E-state index contributed by atoms with van der Waals surface area (Å²) in [6, 6.07) is 4.32. The fourth-order valence-electron chi connectivity index (χ4n) is 2.79. The zero-order valence-electron chi connectivity index (χ0n) is 12.0. The molecule has 2 nitrogen and oxygen atoms in total. The molecular weight excluding hydrogens is 301 g/mol. The molecule has 0 aromatic heterocycles. The van der Waals surface area contributed by atoms with Gasteiger partial charge in [-0.15, -0.1) is 0 Å². The predicted octanol–water partition coefficient (Wildman–Crippen LogP) is 4.11. The van der Waals surface area contributed by atoms with Crippen LogP contribution in [0.2, 0.25) is 5.02 Å². The van der Waals surface area contributed by atoms with E-state index in [9.17, 15) is 13.2 Å². The summed E-state index contributed by atoms with van der Waals surface area (Å²) < 4.78 is 39.0. The minimum absolute atomic E-state index is 0.0236. The van der Waals surface area contributed by atoms with Crippen molar-refractivity contribution in [3.63, 3.8) is 0 Å². The average Bonchev–Trinajstić information content (AvgIpc) is 2.45. The first-order chi connectivity index (χ1) is 9.93. The Labute approximate surface area is 128 Å². The van der Waals surface area contributed by atoms with Gasteiger partial charge in [-0.2, -0.15) is 13.2 Å². The first-order valence-electron chi connectivity index (χ1n) is 7.25. The third-order valence-electron chi connectivity index (χ3n) is 3.84. The third kappa shape index (κ3) is 4.11. The van der Waals surface area contributed by atoms with E-state index < -0.39 is 11.7 Å². The number of rotatable bonds is 4. The molecule has 1 aromatic carbocycles. The summed E-state index contributed by atoms with van der Waals surface area (Å²) >= 11 is 5.70. The van der Waals surface area contributed by atoms with E-state index in [0.29, 0.717) is 5.56 Å². The molecule has 0 saturated carbocycles. The van der Waals surface area contributed by atoms with Crippen LogP contribution in [0.1, 0.15) is 36.9 Å². The van der Waals surface area contributed by atoms with Crippen molar-refractivity contribution in [3.8, 4) is 0 Å². The Kier molecular flexibility index (Phi) is 5.52. The Morgan fingerprint density at radius 3 is 2.52 bits per heavy atom. The summed E-state index contributed by atoms with van der Waals surface area (Å²) in [6.07, 6.45) is -2.63. The standard InChI is InChI=1S/C15H20ClF3N2/c1-2-3-14(21-8-6-20-7-9-21)11-4-5-13(16)12(10-11)15(17,18)19/h4-5,10,14,20H,2-3,6-9H2,1H3/t14-/m0/s1. The monoisotopic (exact) mass is 320 g/mol. The summed E-state index contributed by atoms with van der Waals surface area (Å²) in [4.78, 5) is 2.25. The molecule has 21 heavy (non-hydrogen) atoms. The number of benzene rings is 1. The van der Waals surface area contributed by atoms with Crippen molar-refractivity contribution in [2.75, 3.05) is 26.2 Å². The van der Waals surface area contributed by atoms with Gasteiger partial charge in [0.05, 0.1) is 10.6 Å². The van der Waals surface area contributed by atoms with Gasteiger partial charge < -0.3 is 5.32 Å². The summed E-state index contributed by atoms with van der Waals surface area (Å²) in [6.45, 7) is 5.51. The molecule has 6 heteroatoms. The lowest BCUT2D eigenvalue weighted by Crippen LogP contribution is -2.45. The molecule has 2 rings (SSSR count). The topological polar surface area (TPSA) is 15.3 Å². The van der Waals surface area contributed by atoms with E-state index in [4.69, 9.17) is 11.6 Å². The lowest BCUT2D eigenvalue weighted by molar-refractivity contribution is -0.137. The molecule has 0 spiro atoms. The summed E-state index contributed by atoms with van der Waals surface area (Å²) in [5.41, 5.74) is -0.0339.